The average molecular weight is 355 g/mol. The van der Waals surface area contributed by atoms with Gasteiger partial charge in [-0.15, -0.1) is 0 Å². The summed E-state index contributed by atoms with van der Waals surface area (Å²) in [6.45, 7) is 0. The standard InChI is InChI=1S/C17H14BrF3/c18-16(14-9-5-2-6-10-14)15(17(19,20)21)12-11-13-7-3-1-4-8-13/h1-10H,11-12H2/b16-15-. The molecule has 2 aromatic carbocycles. The van der Waals surface area contributed by atoms with Crippen molar-refractivity contribution in [3.8, 4) is 0 Å². The quantitative estimate of drug-likeness (QED) is 0.632. The predicted octanol–water partition coefficient (Wildman–Crippen LogP) is 5.99. The summed E-state index contributed by atoms with van der Waals surface area (Å²) in [6.07, 6.45) is -4.04. The van der Waals surface area contributed by atoms with Crippen molar-refractivity contribution in [1.82, 2.24) is 0 Å². The van der Waals surface area contributed by atoms with E-state index in [0.29, 0.717) is 12.0 Å². The van der Waals surface area contributed by atoms with Crippen LogP contribution in [0.3, 0.4) is 0 Å². The topological polar surface area (TPSA) is 0 Å². The minimum Gasteiger partial charge on any atom is -0.166 e. The first-order valence-corrected chi connectivity index (χ1v) is 7.33. The molecule has 0 aliphatic heterocycles. The van der Waals surface area contributed by atoms with E-state index in [1.54, 1.807) is 30.3 Å². The van der Waals surface area contributed by atoms with Gasteiger partial charge in [-0.25, -0.2) is 0 Å². The van der Waals surface area contributed by atoms with Crippen molar-refractivity contribution in [2.24, 2.45) is 0 Å². The lowest BCUT2D eigenvalue weighted by molar-refractivity contribution is -0.0930. The molecule has 0 bridgehead atoms. The van der Waals surface area contributed by atoms with E-state index in [1.807, 2.05) is 30.3 Å². The summed E-state index contributed by atoms with van der Waals surface area (Å²) in [7, 11) is 0. The third kappa shape index (κ3) is 4.46. The summed E-state index contributed by atoms with van der Waals surface area (Å²) in [5.74, 6) is 0. The molecule has 0 atom stereocenters. The number of aryl methyl sites for hydroxylation is 1. The van der Waals surface area contributed by atoms with Gasteiger partial charge in [0.05, 0.1) is 0 Å². The first-order valence-electron chi connectivity index (χ1n) is 6.53. The third-order valence-corrected chi connectivity index (χ3v) is 4.08. The Bertz CT molecular complexity index is 601. The molecule has 0 saturated heterocycles. The summed E-state index contributed by atoms with van der Waals surface area (Å²) in [5.41, 5.74) is 0.906. The Balaban J connectivity index is 2.27. The molecule has 2 aromatic rings. The fourth-order valence-electron chi connectivity index (χ4n) is 2.05. The zero-order valence-electron chi connectivity index (χ0n) is 11.2. The van der Waals surface area contributed by atoms with Gasteiger partial charge in [0.1, 0.15) is 0 Å². The molecule has 0 saturated carbocycles. The summed E-state index contributed by atoms with van der Waals surface area (Å²) in [6, 6.07) is 17.7. The van der Waals surface area contributed by atoms with Gasteiger partial charge in [-0.1, -0.05) is 60.7 Å². The molecule has 0 unspecified atom stereocenters. The van der Waals surface area contributed by atoms with Crippen LogP contribution in [0.1, 0.15) is 17.5 Å². The Labute approximate surface area is 130 Å². The number of benzene rings is 2. The molecular weight excluding hydrogens is 341 g/mol. The number of hydrogen-bond acceptors (Lipinski definition) is 0. The average Bonchev–Trinajstić information content (AvgIpc) is 2.48. The zero-order chi connectivity index (χ0) is 15.3. The van der Waals surface area contributed by atoms with Crippen LogP contribution in [-0.2, 0) is 6.42 Å². The SMILES string of the molecule is FC(F)(F)/C(CCc1ccccc1)=C(\Br)c1ccccc1. The number of rotatable bonds is 4. The zero-order valence-corrected chi connectivity index (χ0v) is 12.8. The molecule has 0 heterocycles. The van der Waals surface area contributed by atoms with Gasteiger partial charge in [0.15, 0.2) is 0 Å². The Morgan fingerprint density at radius 2 is 1.38 bits per heavy atom. The van der Waals surface area contributed by atoms with Crippen LogP contribution in [-0.4, -0.2) is 6.18 Å². The lowest BCUT2D eigenvalue weighted by Gasteiger charge is -2.15. The fourth-order valence-corrected chi connectivity index (χ4v) is 2.74. The van der Waals surface area contributed by atoms with Gasteiger partial charge >= 0.3 is 6.18 Å². The molecule has 0 aliphatic rings. The van der Waals surface area contributed by atoms with E-state index in [2.05, 4.69) is 15.9 Å². The molecular formula is C17H14BrF3. The largest absolute Gasteiger partial charge is 0.413 e. The molecule has 0 aromatic heterocycles. The second-order valence-electron chi connectivity index (χ2n) is 4.64. The maximum Gasteiger partial charge on any atom is 0.413 e. The number of halogens is 4. The van der Waals surface area contributed by atoms with Gasteiger partial charge in [-0.3, -0.25) is 0 Å². The van der Waals surface area contributed by atoms with Crippen LogP contribution in [0, 0.1) is 0 Å². The van der Waals surface area contributed by atoms with E-state index in [1.165, 1.54) is 0 Å². The summed E-state index contributed by atoms with van der Waals surface area (Å²) in [5, 5.41) is 0. The Morgan fingerprint density at radius 1 is 0.857 bits per heavy atom. The monoisotopic (exact) mass is 354 g/mol. The van der Waals surface area contributed by atoms with Gasteiger partial charge in [0, 0.05) is 10.1 Å². The molecule has 0 amide bonds. The molecule has 4 heteroatoms. The minimum atomic E-state index is -4.34. The highest BCUT2D eigenvalue weighted by Crippen LogP contribution is 2.38. The predicted molar refractivity (Wildman–Crippen MR) is 83.1 cm³/mol. The number of hydrogen-bond donors (Lipinski definition) is 0. The summed E-state index contributed by atoms with van der Waals surface area (Å²) < 4.78 is 39.9. The van der Waals surface area contributed by atoms with E-state index in [9.17, 15) is 13.2 Å². The highest BCUT2D eigenvalue weighted by atomic mass is 79.9. The highest BCUT2D eigenvalue weighted by molar-refractivity contribution is 9.15. The van der Waals surface area contributed by atoms with Gasteiger partial charge in [0.25, 0.3) is 0 Å². The van der Waals surface area contributed by atoms with Crippen LogP contribution in [0.5, 0.6) is 0 Å². The van der Waals surface area contributed by atoms with E-state index in [4.69, 9.17) is 0 Å². The molecule has 0 aliphatic carbocycles. The Kier molecular flexibility index (Phi) is 5.23. The molecule has 0 spiro atoms. The van der Waals surface area contributed by atoms with Crippen molar-refractivity contribution in [1.29, 1.82) is 0 Å². The second-order valence-corrected chi connectivity index (χ2v) is 5.43. The van der Waals surface area contributed by atoms with Gasteiger partial charge in [-0.2, -0.15) is 13.2 Å². The minimum absolute atomic E-state index is 0.0526. The fraction of sp³-hybridized carbons (Fsp3) is 0.176. The summed E-state index contributed by atoms with van der Waals surface area (Å²) >= 11 is 3.12. The van der Waals surface area contributed by atoms with Gasteiger partial charge < -0.3 is 0 Å². The first-order chi connectivity index (χ1) is 9.98. The summed E-state index contributed by atoms with van der Waals surface area (Å²) in [4.78, 5) is 0. The van der Waals surface area contributed by atoms with E-state index in [0.717, 1.165) is 5.56 Å². The van der Waals surface area contributed by atoms with E-state index < -0.39 is 11.7 Å². The number of alkyl halides is 3. The number of allylic oxidation sites excluding steroid dienone is 1. The van der Waals surface area contributed by atoms with Crippen LogP contribution in [0.4, 0.5) is 13.2 Å². The molecule has 110 valence electrons. The van der Waals surface area contributed by atoms with Crippen molar-refractivity contribution in [3.05, 3.63) is 77.4 Å². The molecule has 0 N–H and O–H groups in total. The normalized spacial score (nSPS) is 13.0. The van der Waals surface area contributed by atoms with Crippen molar-refractivity contribution in [2.45, 2.75) is 19.0 Å². The molecule has 0 fully saturated rings. The Morgan fingerprint density at radius 3 is 1.90 bits per heavy atom. The van der Waals surface area contributed by atoms with Crippen molar-refractivity contribution in [3.63, 3.8) is 0 Å². The highest BCUT2D eigenvalue weighted by Gasteiger charge is 2.35. The van der Waals surface area contributed by atoms with Crippen LogP contribution in [0.2, 0.25) is 0 Å². The van der Waals surface area contributed by atoms with Gasteiger partial charge in [0.2, 0.25) is 0 Å². The molecule has 0 nitrogen and oxygen atoms in total. The van der Waals surface area contributed by atoms with Crippen LogP contribution in [0.25, 0.3) is 4.48 Å². The maximum absolute atomic E-state index is 13.3. The molecule has 0 radical (unpaired) electrons. The van der Waals surface area contributed by atoms with E-state index >= 15 is 0 Å². The van der Waals surface area contributed by atoms with E-state index in [-0.39, 0.29) is 10.9 Å². The van der Waals surface area contributed by atoms with Gasteiger partial charge in [-0.05, 0) is 39.9 Å². The maximum atomic E-state index is 13.3. The van der Waals surface area contributed by atoms with Crippen molar-refractivity contribution >= 4 is 20.4 Å². The second kappa shape index (κ2) is 6.94. The molecule has 21 heavy (non-hydrogen) atoms. The van der Waals surface area contributed by atoms with Crippen molar-refractivity contribution in [2.75, 3.05) is 0 Å². The van der Waals surface area contributed by atoms with Crippen LogP contribution >= 0.6 is 15.9 Å². The van der Waals surface area contributed by atoms with Crippen molar-refractivity contribution < 1.29 is 13.2 Å². The smallest absolute Gasteiger partial charge is 0.166 e. The lowest BCUT2D eigenvalue weighted by Crippen LogP contribution is -2.14. The third-order valence-electron chi connectivity index (χ3n) is 3.14. The lowest BCUT2D eigenvalue weighted by atomic mass is 10.0. The molecule has 2 rings (SSSR count). The van der Waals surface area contributed by atoms with Crippen LogP contribution in [0.15, 0.2) is 66.2 Å². The van der Waals surface area contributed by atoms with Crippen LogP contribution < -0.4 is 0 Å². The first kappa shape index (κ1) is 15.8. The Hall–Kier alpha value is -1.55.